The summed E-state index contributed by atoms with van der Waals surface area (Å²) < 4.78 is 0. The fraction of sp³-hybridized carbons (Fsp3) is 0.316. The minimum atomic E-state index is 0.337. The molecule has 1 aliphatic rings. The number of hydrogen-bond acceptors (Lipinski definition) is 4. The van der Waals surface area contributed by atoms with Gasteiger partial charge in [0.25, 0.3) is 0 Å². The summed E-state index contributed by atoms with van der Waals surface area (Å²) in [5, 5.41) is 4.67. The Kier molecular flexibility index (Phi) is 3.79. The van der Waals surface area contributed by atoms with Crippen molar-refractivity contribution in [2.75, 3.05) is 18.0 Å². The third-order valence-electron chi connectivity index (χ3n) is 4.68. The van der Waals surface area contributed by atoms with Crippen molar-refractivity contribution < 1.29 is 0 Å². The normalized spacial score (nSPS) is 16.2. The molecule has 1 aromatic carbocycles. The van der Waals surface area contributed by atoms with Crippen LogP contribution in [-0.4, -0.2) is 24.1 Å². The van der Waals surface area contributed by atoms with Gasteiger partial charge in [-0.05, 0) is 36.6 Å². The highest BCUT2D eigenvalue weighted by molar-refractivity contribution is 7.13. The van der Waals surface area contributed by atoms with Crippen LogP contribution in [0.4, 0.5) is 5.82 Å². The maximum Gasteiger partial charge on any atom is 0.136 e. The van der Waals surface area contributed by atoms with Crippen LogP contribution in [-0.2, 0) is 0 Å². The number of fused-ring (bicyclic) bond motifs is 1. The summed E-state index contributed by atoms with van der Waals surface area (Å²) in [7, 11) is 0. The zero-order chi connectivity index (χ0) is 15.8. The van der Waals surface area contributed by atoms with Gasteiger partial charge in [0.2, 0.25) is 0 Å². The van der Waals surface area contributed by atoms with Gasteiger partial charge >= 0.3 is 0 Å². The number of nitrogens with zero attached hydrogens (tertiary/aromatic N) is 2. The molecule has 2 N–H and O–H groups in total. The first-order chi connectivity index (χ1) is 11.2. The third kappa shape index (κ3) is 2.62. The fourth-order valence-corrected chi connectivity index (χ4v) is 4.29. The number of anilines is 1. The van der Waals surface area contributed by atoms with E-state index < -0.39 is 0 Å². The Morgan fingerprint density at radius 3 is 2.52 bits per heavy atom. The Bertz CT molecular complexity index is 818. The summed E-state index contributed by atoms with van der Waals surface area (Å²) in [6, 6.07) is 13.3. The molecule has 1 fully saturated rings. The fourth-order valence-electron chi connectivity index (χ4n) is 3.45. The highest BCUT2D eigenvalue weighted by Crippen LogP contribution is 2.38. The van der Waals surface area contributed by atoms with E-state index in [1.54, 1.807) is 11.3 Å². The molecule has 0 amide bonds. The second-order valence-corrected chi connectivity index (χ2v) is 7.19. The number of hydrogen-bond donors (Lipinski definition) is 1. The van der Waals surface area contributed by atoms with E-state index in [0.717, 1.165) is 37.4 Å². The zero-order valence-corrected chi connectivity index (χ0v) is 14.1. The van der Waals surface area contributed by atoms with Gasteiger partial charge in [-0.3, -0.25) is 0 Å². The molecule has 3 heterocycles. The first kappa shape index (κ1) is 14.7. The summed E-state index contributed by atoms with van der Waals surface area (Å²) in [6.07, 6.45) is 2.09. The first-order valence-electron chi connectivity index (χ1n) is 8.18. The van der Waals surface area contributed by atoms with Gasteiger partial charge in [-0.15, -0.1) is 11.3 Å². The quantitative estimate of drug-likeness (QED) is 0.768. The van der Waals surface area contributed by atoms with E-state index in [2.05, 4.69) is 53.6 Å². The second-order valence-electron chi connectivity index (χ2n) is 6.24. The minimum Gasteiger partial charge on any atom is -0.356 e. The van der Waals surface area contributed by atoms with Gasteiger partial charge in [0.05, 0.1) is 0 Å². The Morgan fingerprint density at radius 1 is 1.09 bits per heavy atom. The van der Waals surface area contributed by atoms with Crippen molar-refractivity contribution in [1.82, 2.24) is 4.98 Å². The van der Waals surface area contributed by atoms with Gasteiger partial charge in [-0.2, -0.15) is 0 Å². The molecule has 1 aliphatic heterocycles. The van der Waals surface area contributed by atoms with Crippen LogP contribution in [0.2, 0.25) is 0 Å². The Morgan fingerprint density at radius 2 is 1.83 bits per heavy atom. The second kappa shape index (κ2) is 5.95. The molecule has 4 heteroatoms. The van der Waals surface area contributed by atoms with Crippen LogP contribution in [0.3, 0.4) is 0 Å². The van der Waals surface area contributed by atoms with Gasteiger partial charge in [0.15, 0.2) is 0 Å². The molecule has 0 unspecified atom stereocenters. The van der Waals surface area contributed by atoms with Crippen molar-refractivity contribution in [3.8, 4) is 10.4 Å². The van der Waals surface area contributed by atoms with Crippen LogP contribution in [0, 0.1) is 6.92 Å². The molecular weight excluding hydrogens is 302 g/mol. The molecule has 0 saturated carbocycles. The molecule has 23 heavy (non-hydrogen) atoms. The lowest BCUT2D eigenvalue weighted by Crippen LogP contribution is -2.40. The highest BCUT2D eigenvalue weighted by atomic mass is 32.1. The van der Waals surface area contributed by atoms with E-state index in [9.17, 15) is 0 Å². The standard InChI is InChI=1S/C19H21N3S/c1-13-18(17-7-4-12-23-17)15-5-2-3-6-16(15)19(21-13)22-10-8-14(20)9-11-22/h2-7,12,14H,8-11,20H2,1H3. The van der Waals surface area contributed by atoms with Gasteiger partial charge < -0.3 is 10.6 Å². The van der Waals surface area contributed by atoms with Gasteiger partial charge in [-0.1, -0.05) is 30.3 Å². The lowest BCUT2D eigenvalue weighted by molar-refractivity contribution is 0.499. The molecule has 0 radical (unpaired) electrons. The number of aryl methyl sites for hydroxylation is 1. The van der Waals surface area contributed by atoms with E-state index >= 15 is 0 Å². The van der Waals surface area contributed by atoms with Crippen LogP contribution in [0.1, 0.15) is 18.5 Å². The van der Waals surface area contributed by atoms with Crippen LogP contribution < -0.4 is 10.6 Å². The number of pyridine rings is 1. The van der Waals surface area contributed by atoms with Crippen LogP contribution in [0.5, 0.6) is 0 Å². The maximum atomic E-state index is 6.06. The minimum absolute atomic E-state index is 0.337. The topological polar surface area (TPSA) is 42.2 Å². The molecule has 4 rings (SSSR count). The van der Waals surface area contributed by atoms with Crippen LogP contribution in [0.15, 0.2) is 41.8 Å². The number of aromatic nitrogens is 1. The molecule has 0 atom stereocenters. The van der Waals surface area contributed by atoms with Crippen molar-refractivity contribution in [2.24, 2.45) is 5.73 Å². The summed E-state index contributed by atoms with van der Waals surface area (Å²) in [5.74, 6) is 1.12. The molecule has 2 aromatic heterocycles. The van der Waals surface area contributed by atoms with E-state index in [1.165, 1.54) is 21.2 Å². The van der Waals surface area contributed by atoms with Crippen molar-refractivity contribution >= 4 is 27.9 Å². The summed E-state index contributed by atoms with van der Waals surface area (Å²) in [6.45, 7) is 4.12. The molecule has 0 bridgehead atoms. The number of benzene rings is 1. The van der Waals surface area contributed by atoms with E-state index in [-0.39, 0.29) is 0 Å². The molecule has 3 nitrogen and oxygen atoms in total. The lowest BCUT2D eigenvalue weighted by atomic mass is 10.0. The third-order valence-corrected chi connectivity index (χ3v) is 5.57. The van der Waals surface area contributed by atoms with E-state index in [4.69, 9.17) is 10.7 Å². The monoisotopic (exact) mass is 323 g/mol. The molecule has 0 spiro atoms. The number of piperidine rings is 1. The summed E-state index contributed by atoms with van der Waals surface area (Å²) >= 11 is 1.78. The lowest BCUT2D eigenvalue weighted by Gasteiger charge is -2.32. The van der Waals surface area contributed by atoms with Crippen molar-refractivity contribution in [3.63, 3.8) is 0 Å². The van der Waals surface area contributed by atoms with Gasteiger partial charge in [-0.25, -0.2) is 4.98 Å². The molecule has 0 aliphatic carbocycles. The Balaban J connectivity index is 1.89. The van der Waals surface area contributed by atoms with Crippen molar-refractivity contribution in [2.45, 2.75) is 25.8 Å². The number of thiophene rings is 1. The average Bonchev–Trinajstić information content (AvgIpc) is 3.09. The Labute approximate surface area is 140 Å². The van der Waals surface area contributed by atoms with E-state index in [0.29, 0.717) is 6.04 Å². The first-order valence-corrected chi connectivity index (χ1v) is 9.06. The van der Waals surface area contributed by atoms with Crippen LogP contribution >= 0.6 is 11.3 Å². The highest BCUT2D eigenvalue weighted by Gasteiger charge is 2.21. The van der Waals surface area contributed by atoms with Gasteiger partial charge in [0, 0.05) is 40.7 Å². The zero-order valence-electron chi connectivity index (χ0n) is 13.3. The summed E-state index contributed by atoms with van der Waals surface area (Å²) in [5.41, 5.74) is 8.44. The smallest absolute Gasteiger partial charge is 0.136 e. The van der Waals surface area contributed by atoms with E-state index in [1.807, 2.05) is 0 Å². The van der Waals surface area contributed by atoms with Crippen molar-refractivity contribution in [3.05, 3.63) is 47.5 Å². The molecule has 1 saturated heterocycles. The maximum absolute atomic E-state index is 6.06. The predicted molar refractivity (Wildman–Crippen MR) is 99.2 cm³/mol. The summed E-state index contributed by atoms with van der Waals surface area (Å²) in [4.78, 5) is 8.69. The molecule has 118 valence electrons. The molecule has 3 aromatic rings. The Hall–Kier alpha value is -1.91. The van der Waals surface area contributed by atoms with Gasteiger partial charge in [0.1, 0.15) is 5.82 Å². The van der Waals surface area contributed by atoms with Crippen LogP contribution in [0.25, 0.3) is 21.2 Å². The van der Waals surface area contributed by atoms with Crippen molar-refractivity contribution in [1.29, 1.82) is 0 Å². The largest absolute Gasteiger partial charge is 0.356 e. The predicted octanol–water partition coefficient (Wildman–Crippen LogP) is 4.20. The SMILES string of the molecule is Cc1nc(N2CCC(N)CC2)c2ccccc2c1-c1cccs1. The number of rotatable bonds is 2. The average molecular weight is 323 g/mol. The number of nitrogens with two attached hydrogens (primary N) is 1. The molecular formula is C19H21N3S.